The Bertz CT molecular complexity index is 500. The van der Waals surface area contributed by atoms with E-state index >= 15 is 0 Å². The van der Waals surface area contributed by atoms with E-state index in [-0.39, 0.29) is 16.7 Å². The van der Waals surface area contributed by atoms with Gasteiger partial charge in [-0.05, 0) is 19.3 Å². The number of nitrogens with one attached hydrogen (secondary N) is 1. The van der Waals surface area contributed by atoms with Gasteiger partial charge in [0.05, 0.1) is 0 Å². The van der Waals surface area contributed by atoms with Crippen molar-refractivity contribution in [1.82, 2.24) is 14.9 Å². The number of hydrogen-bond acceptors (Lipinski definition) is 4. The van der Waals surface area contributed by atoms with E-state index in [1.165, 1.54) is 10.9 Å². The number of amides is 1. The van der Waals surface area contributed by atoms with Crippen LogP contribution in [0, 0.1) is 0 Å². The lowest BCUT2D eigenvalue weighted by atomic mass is 10.1. The number of nitrogen functional groups attached to an aromatic ring is 1. The maximum atomic E-state index is 11.9. The summed E-state index contributed by atoms with van der Waals surface area (Å²) in [5.41, 5.74) is 4.93. The number of carbonyl (C=O) groups excluding carboxylic acids is 1. The maximum absolute atomic E-state index is 11.9. The molecule has 1 aliphatic heterocycles. The van der Waals surface area contributed by atoms with Gasteiger partial charge in [0.25, 0.3) is 5.56 Å². The summed E-state index contributed by atoms with van der Waals surface area (Å²) in [6.07, 6.45) is 3.66. The Labute approximate surface area is 103 Å². The summed E-state index contributed by atoms with van der Waals surface area (Å²) < 4.78 is 1.25. The lowest BCUT2D eigenvalue weighted by Crippen LogP contribution is -2.36. The summed E-state index contributed by atoms with van der Waals surface area (Å²) in [6.45, 7) is 0.639. The topological polar surface area (TPSA) is 90.0 Å². The number of aromatic nitrogens is 2. The van der Waals surface area contributed by atoms with Crippen molar-refractivity contribution in [2.24, 2.45) is 0 Å². The monoisotopic (exact) mass is 256 g/mol. The van der Waals surface area contributed by atoms with E-state index in [9.17, 15) is 9.59 Å². The molecule has 7 heteroatoms. The number of nitrogens with zero attached hydrogens (tertiary/aromatic N) is 2. The average molecular weight is 257 g/mol. The van der Waals surface area contributed by atoms with Crippen LogP contribution in [-0.2, 0) is 4.79 Å². The first-order chi connectivity index (χ1) is 8.11. The normalized spacial score (nSPS) is 20.8. The van der Waals surface area contributed by atoms with Crippen LogP contribution in [0.1, 0.15) is 25.3 Å². The molecule has 92 valence electrons. The van der Waals surface area contributed by atoms with Crippen LogP contribution in [0.4, 0.5) is 5.69 Å². The van der Waals surface area contributed by atoms with E-state index < -0.39 is 11.6 Å². The summed E-state index contributed by atoms with van der Waals surface area (Å²) in [4.78, 5) is 27.5. The van der Waals surface area contributed by atoms with Crippen molar-refractivity contribution < 1.29 is 4.79 Å². The summed E-state index contributed by atoms with van der Waals surface area (Å²) in [7, 11) is 0. The second-order valence-electron chi connectivity index (χ2n) is 3.96. The van der Waals surface area contributed by atoms with Crippen LogP contribution in [-0.4, -0.2) is 22.0 Å². The highest BCUT2D eigenvalue weighted by atomic mass is 35.5. The predicted octanol–water partition coefficient (Wildman–Crippen LogP) is 0.320. The third kappa shape index (κ3) is 2.26. The van der Waals surface area contributed by atoms with Gasteiger partial charge >= 0.3 is 0 Å². The molecule has 1 amide bonds. The van der Waals surface area contributed by atoms with E-state index in [1.54, 1.807) is 0 Å². The van der Waals surface area contributed by atoms with E-state index in [1.807, 2.05) is 0 Å². The Balaban J connectivity index is 2.42. The zero-order valence-corrected chi connectivity index (χ0v) is 9.91. The molecule has 1 saturated heterocycles. The third-order valence-corrected chi connectivity index (χ3v) is 3.13. The van der Waals surface area contributed by atoms with Gasteiger partial charge in [0.15, 0.2) is 5.15 Å². The van der Waals surface area contributed by atoms with E-state index in [4.69, 9.17) is 17.3 Å². The predicted molar refractivity (Wildman–Crippen MR) is 63.8 cm³/mol. The molecular formula is C10H13ClN4O2. The van der Waals surface area contributed by atoms with Crippen molar-refractivity contribution in [1.29, 1.82) is 0 Å². The van der Waals surface area contributed by atoms with Crippen LogP contribution < -0.4 is 16.6 Å². The molecule has 3 N–H and O–H groups in total. The molecule has 6 nitrogen and oxygen atoms in total. The quantitative estimate of drug-likeness (QED) is 0.708. The van der Waals surface area contributed by atoms with Crippen molar-refractivity contribution in [3.05, 3.63) is 21.8 Å². The average Bonchev–Trinajstić information content (AvgIpc) is 2.52. The van der Waals surface area contributed by atoms with E-state index in [2.05, 4.69) is 10.3 Å². The molecule has 1 atom stereocenters. The number of halogens is 1. The fraction of sp³-hybridized carbons (Fsp3) is 0.500. The molecule has 0 spiro atoms. The first kappa shape index (κ1) is 11.9. The van der Waals surface area contributed by atoms with Crippen LogP contribution in [0.15, 0.2) is 11.1 Å². The standard InChI is InChI=1S/C10H13ClN4O2/c11-8-7(12)10(17)15(5-14-8)6-3-1-2-4-13-9(6)16/h5-6H,1-4,12H2,(H,13,16). The van der Waals surface area contributed by atoms with Gasteiger partial charge in [-0.25, -0.2) is 4.98 Å². The molecule has 2 heterocycles. The first-order valence-electron chi connectivity index (χ1n) is 5.41. The summed E-state index contributed by atoms with van der Waals surface area (Å²) in [5, 5.41) is 2.73. The summed E-state index contributed by atoms with van der Waals surface area (Å²) in [6, 6.07) is -0.544. The van der Waals surface area contributed by atoms with Crippen molar-refractivity contribution in [2.75, 3.05) is 12.3 Å². The van der Waals surface area contributed by atoms with Gasteiger partial charge in [-0.1, -0.05) is 11.6 Å². The fourth-order valence-electron chi connectivity index (χ4n) is 1.87. The van der Waals surface area contributed by atoms with Gasteiger partial charge in [0.2, 0.25) is 5.91 Å². The van der Waals surface area contributed by atoms with E-state index in [0.717, 1.165) is 12.8 Å². The van der Waals surface area contributed by atoms with Crippen LogP contribution in [0.5, 0.6) is 0 Å². The maximum Gasteiger partial charge on any atom is 0.278 e. The van der Waals surface area contributed by atoms with Crippen molar-refractivity contribution in [2.45, 2.75) is 25.3 Å². The lowest BCUT2D eigenvalue weighted by Gasteiger charge is -2.16. The van der Waals surface area contributed by atoms with Gasteiger partial charge in [0, 0.05) is 6.54 Å². The van der Waals surface area contributed by atoms with Gasteiger partial charge in [0.1, 0.15) is 18.1 Å². The first-order valence-corrected chi connectivity index (χ1v) is 5.79. The largest absolute Gasteiger partial charge is 0.392 e. The summed E-state index contributed by atoms with van der Waals surface area (Å²) >= 11 is 5.64. The number of nitrogens with two attached hydrogens (primary N) is 1. The fourth-order valence-corrected chi connectivity index (χ4v) is 2.00. The van der Waals surface area contributed by atoms with Crippen LogP contribution >= 0.6 is 11.6 Å². The number of anilines is 1. The van der Waals surface area contributed by atoms with Gasteiger partial charge in [-0.3, -0.25) is 14.2 Å². The van der Waals surface area contributed by atoms with Gasteiger partial charge in [-0.15, -0.1) is 0 Å². The Hall–Kier alpha value is -1.56. The number of carbonyl (C=O) groups is 1. The minimum absolute atomic E-state index is 0.0275. The summed E-state index contributed by atoms with van der Waals surface area (Å²) in [5.74, 6) is -0.173. The van der Waals surface area contributed by atoms with Gasteiger partial charge < -0.3 is 11.1 Å². The number of hydrogen-bond donors (Lipinski definition) is 2. The molecular weight excluding hydrogens is 244 g/mol. The highest BCUT2D eigenvalue weighted by Crippen LogP contribution is 2.18. The Kier molecular flexibility index (Phi) is 3.33. The second-order valence-corrected chi connectivity index (χ2v) is 4.32. The Morgan fingerprint density at radius 3 is 3.00 bits per heavy atom. The Morgan fingerprint density at radius 1 is 1.47 bits per heavy atom. The lowest BCUT2D eigenvalue weighted by molar-refractivity contribution is -0.124. The SMILES string of the molecule is Nc1c(Cl)ncn(C2CCCCNC2=O)c1=O. The number of rotatable bonds is 1. The smallest absolute Gasteiger partial charge is 0.278 e. The van der Waals surface area contributed by atoms with Crippen molar-refractivity contribution in [3.63, 3.8) is 0 Å². The second kappa shape index (κ2) is 4.75. The molecule has 1 aliphatic rings. The molecule has 1 unspecified atom stereocenters. The molecule has 17 heavy (non-hydrogen) atoms. The van der Waals surface area contributed by atoms with E-state index in [0.29, 0.717) is 13.0 Å². The molecule has 0 aromatic carbocycles. The third-order valence-electron chi connectivity index (χ3n) is 2.82. The molecule has 0 aliphatic carbocycles. The molecule has 1 aromatic rings. The Morgan fingerprint density at radius 2 is 2.24 bits per heavy atom. The van der Waals surface area contributed by atoms with Crippen molar-refractivity contribution >= 4 is 23.2 Å². The van der Waals surface area contributed by atoms with Gasteiger partial charge in [-0.2, -0.15) is 0 Å². The minimum atomic E-state index is -0.544. The molecule has 1 fully saturated rings. The van der Waals surface area contributed by atoms with Crippen LogP contribution in [0.3, 0.4) is 0 Å². The highest BCUT2D eigenvalue weighted by molar-refractivity contribution is 6.31. The molecule has 2 rings (SSSR count). The molecule has 0 bridgehead atoms. The molecule has 1 aromatic heterocycles. The zero-order valence-electron chi connectivity index (χ0n) is 9.15. The molecule has 0 saturated carbocycles. The minimum Gasteiger partial charge on any atom is -0.392 e. The molecule has 0 radical (unpaired) electrons. The zero-order chi connectivity index (χ0) is 12.4. The van der Waals surface area contributed by atoms with Crippen molar-refractivity contribution in [3.8, 4) is 0 Å². The van der Waals surface area contributed by atoms with Crippen LogP contribution in [0.2, 0.25) is 5.15 Å². The van der Waals surface area contributed by atoms with Crippen LogP contribution in [0.25, 0.3) is 0 Å². The highest BCUT2D eigenvalue weighted by Gasteiger charge is 2.24.